The number of aryl methyl sites for hydroxylation is 1. The summed E-state index contributed by atoms with van der Waals surface area (Å²) >= 11 is 0. The summed E-state index contributed by atoms with van der Waals surface area (Å²) in [7, 11) is -1.70. The van der Waals surface area contributed by atoms with Crippen molar-refractivity contribution in [2.24, 2.45) is 0 Å². The highest BCUT2D eigenvalue weighted by Crippen LogP contribution is 2.24. The molecule has 1 saturated heterocycles. The summed E-state index contributed by atoms with van der Waals surface area (Å²) in [6, 6.07) is 17.3. The third-order valence-electron chi connectivity index (χ3n) is 4.40. The summed E-state index contributed by atoms with van der Waals surface area (Å²) in [5, 5.41) is 0. The van der Waals surface area contributed by atoms with E-state index in [2.05, 4.69) is 0 Å². The highest BCUT2D eigenvalue weighted by atomic mass is 32.2. The van der Waals surface area contributed by atoms with Crippen LogP contribution in [-0.2, 0) is 21.2 Å². The van der Waals surface area contributed by atoms with E-state index in [-0.39, 0.29) is 11.9 Å². The Morgan fingerprint density at radius 3 is 2.52 bits per heavy atom. The van der Waals surface area contributed by atoms with Gasteiger partial charge in [-0.25, -0.2) is 8.42 Å². The molecule has 0 spiro atoms. The van der Waals surface area contributed by atoms with Crippen LogP contribution in [0.15, 0.2) is 54.6 Å². The van der Waals surface area contributed by atoms with Crippen LogP contribution in [0.4, 0.5) is 0 Å². The van der Waals surface area contributed by atoms with Gasteiger partial charge in [0.25, 0.3) is 0 Å². The molecule has 0 aromatic heterocycles. The Morgan fingerprint density at radius 1 is 1.12 bits per heavy atom. The molecule has 0 aliphatic carbocycles. The number of rotatable bonds is 6. The smallest absolute Gasteiger partial charge is 0.214 e. The predicted molar refractivity (Wildman–Crippen MR) is 97.2 cm³/mol. The van der Waals surface area contributed by atoms with Crippen molar-refractivity contribution in [1.29, 1.82) is 0 Å². The summed E-state index contributed by atoms with van der Waals surface area (Å²) in [6.45, 7) is 1.20. The molecule has 134 valence electrons. The molecule has 0 radical (unpaired) electrons. The van der Waals surface area contributed by atoms with Crippen molar-refractivity contribution < 1.29 is 17.9 Å². The van der Waals surface area contributed by atoms with E-state index in [0.717, 1.165) is 16.9 Å². The normalized spacial score (nSPS) is 18.8. The number of hydrogen-bond donors (Lipinski definition) is 0. The maximum Gasteiger partial charge on any atom is 0.214 e. The fraction of sp³-hybridized carbons (Fsp3) is 0.368. The molecule has 1 fully saturated rings. The second kappa shape index (κ2) is 7.99. The van der Waals surface area contributed by atoms with Crippen LogP contribution in [0.1, 0.15) is 17.2 Å². The van der Waals surface area contributed by atoms with Gasteiger partial charge in [-0.2, -0.15) is 4.31 Å². The number of morpholine rings is 1. The minimum Gasteiger partial charge on any atom is -0.497 e. The molecular weight excluding hydrogens is 338 g/mol. The Labute approximate surface area is 149 Å². The van der Waals surface area contributed by atoms with Crippen LogP contribution in [0.2, 0.25) is 0 Å². The molecule has 1 aliphatic rings. The molecule has 2 aromatic rings. The molecular formula is C19H23NO4S. The maximum absolute atomic E-state index is 12.7. The first-order valence-corrected chi connectivity index (χ1v) is 9.97. The van der Waals surface area contributed by atoms with Gasteiger partial charge in [-0.1, -0.05) is 42.5 Å². The summed E-state index contributed by atoms with van der Waals surface area (Å²) < 4.78 is 37.8. The predicted octanol–water partition coefficient (Wildman–Crippen LogP) is 2.64. The molecule has 25 heavy (non-hydrogen) atoms. The molecule has 0 bridgehead atoms. The molecule has 1 aliphatic heterocycles. The van der Waals surface area contributed by atoms with Crippen molar-refractivity contribution >= 4 is 10.0 Å². The lowest BCUT2D eigenvalue weighted by Crippen LogP contribution is -2.43. The van der Waals surface area contributed by atoms with E-state index in [0.29, 0.717) is 26.1 Å². The highest BCUT2D eigenvalue weighted by molar-refractivity contribution is 7.89. The number of hydrogen-bond acceptors (Lipinski definition) is 4. The van der Waals surface area contributed by atoms with Crippen LogP contribution >= 0.6 is 0 Å². The fourth-order valence-electron chi connectivity index (χ4n) is 2.92. The zero-order chi connectivity index (χ0) is 17.7. The monoisotopic (exact) mass is 361 g/mol. The van der Waals surface area contributed by atoms with Gasteiger partial charge in [0.1, 0.15) is 5.75 Å². The SMILES string of the molecule is COc1ccc(CCS(=O)(=O)N2CCO[C@H](c3ccccc3)C2)cc1. The summed E-state index contributed by atoms with van der Waals surface area (Å²) in [5.74, 6) is 0.867. The summed E-state index contributed by atoms with van der Waals surface area (Å²) in [5.41, 5.74) is 2.00. The molecule has 1 atom stereocenters. The van der Waals surface area contributed by atoms with Gasteiger partial charge < -0.3 is 9.47 Å². The van der Waals surface area contributed by atoms with Crippen LogP contribution in [0.5, 0.6) is 5.75 Å². The number of benzene rings is 2. The lowest BCUT2D eigenvalue weighted by molar-refractivity contribution is -0.00253. The fourth-order valence-corrected chi connectivity index (χ4v) is 4.38. The topological polar surface area (TPSA) is 55.8 Å². The minimum absolute atomic E-state index is 0.0981. The molecule has 2 aromatic carbocycles. The second-order valence-corrected chi connectivity index (χ2v) is 8.13. The number of sulfonamides is 1. The first kappa shape index (κ1) is 17.9. The minimum atomic E-state index is -3.32. The first-order chi connectivity index (χ1) is 12.1. The molecule has 6 heteroatoms. The van der Waals surface area contributed by atoms with Gasteiger partial charge in [-0.05, 0) is 29.7 Å². The summed E-state index contributed by atoms with van der Waals surface area (Å²) in [4.78, 5) is 0. The van der Waals surface area contributed by atoms with Gasteiger partial charge in [0.05, 0.1) is 25.6 Å². The van der Waals surface area contributed by atoms with Crippen molar-refractivity contribution in [1.82, 2.24) is 4.31 Å². The largest absolute Gasteiger partial charge is 0.497 e. The highest BCUT2D eigenvalue weighted by Gasteiger charge is 2.29. The Kier molecular flexibility index (Phi) is 5.73. The molecule has 5 nitrogen and oxygen atoms in total. The Balaban J connectivity index is 1.62. The van der Waals surface area contributed by atoms with Gasteiger partial charge in [-0.15, -0.1) is 0 Å². The van der Waals surface area contributed by atoms with Gasteiger partial charge in [0.2, 0.25) is 10.0 Å². The van der Waals surface area contributed by atoms with Crippen molar-refractivity contribution in [3.8, 4) is 5.75 Å². The van der Waals surface area contributed by atoms with E-state index in [9.17, 15) is 8.42 Å². The molecule has 0 unspecified atom stereocenters. The standard InChI is InChI=1S/C19H23NO4S/c1-23-18-9-7-16(8-10-18)11-14-25(21,22)20-12-13-24-19(15-20)17-5-3-2-4-6-17/h2-10,19H,11-15H2,1H3/t19-/m0/s1. The van der Waals surface area contributed by atoms with Crippen molar-refractivity contribution in [3.05, 3.63) is 65.7 Å². The Hall–Kier alpha value is -1.89. The average Bonchev–Trinajstić information content (AvgIpc) is 2.68. The van der Waals surface area contributed by atoms with Gasteiger partial charge in [-0.3, -0.25) is 0 Å². The summed E-state index contributed by atoms with van der Waals surface area (Å²) in [6.07, 6.45) is 0.283. The third-order valence-corrected chi connectivity index (χ3v) is 6.24. The lowest BCUT2D eigenvalue weighted by Gasteiger charge is -2.32. The molecule has 0 amide bonds. The second-order valence-electron chi connectivity index (χ2n) is 6.04. The van der Waals surface area contributed by atoms with Crippen LogP contribution in [0.3, 0.4) is 0 Å². The van der Waals surface area contributed by atoms with E-state index in [1.807, 2.05) is 54.6 Å². The van der Waals surface area contributed by atoms with Crippen LogP contribution in [-0.4, -0.2) is 45.3 Å². The Bertz CT molecular complexity index is 775. The van der Waals surface area contributed by atoms with E-state index in [1.54, 1.807) is 11.4 Å². The molecule has 0 N–H and O–H groups in total. The van der Waals surface area contributed by atoms with Gasteiger partial charge in [0, 0.05) is 13.1 Å². The number of nitrogens with zero attached hydrogens (tertiary/aromatic N) is 1. The Morgan fingerprint density at radius 2 is 1.84 bits per heavy atom. The maximum atomic E-state index is 12.7. The van der Waals surface area contributed by atoms with Gasteiger partial charge in [0.15, 0.2) is 0 Å². The van der Waals surface area contributed by atoms with Crippen molar-refractivity contribution in [2.45, 2.75) is 12.5 Å². The van der Waals surface area contributed by atoms with Crippen LogP contribution in [0.25, 0.3) is 0 Å². The van der Waals surface area contributed by atoms with Crippen molar-refractivity contribution in [2.75, 3.05) is 32.6 Å². The molecule has 0 saturated carbocycles. The molecule has 3 rings (SSSR count). The number of ether oxygens (including phenoxy) is 2. The van der Waals surface area contributed by atoms with Gasteiger partial charge >= 0.3 is 0 Å². The van der Waals surface area contributed by atoms with E-state index in [4.69, 9.17) is 9.47 Å². The quantitative estimate of drug-likeness (QED) is 0.794. The van der Waals surface area contributed by atoms with E-state index < -0.39 is 10.0 Å². The number of methoxy groups -OCH3 is 1. The third kappa shape index (κ3) is 4.60. The zero-order valence-electron chi connectivity index (χ0n) is 14.3. The average molecular weight is 361 g/mol. The zero-order valence-corrected chi connectivity index (χ0v) is 15.1. The van der Waals surface area contributed by atoms with Crippen LogP contribution in [0, 0.1) is 0 Å². The first-order valence-electron chi connectivity index (χ1n) is 8.36. The van der Waals surface area contributed by atoms with E-state index in [1.165, 1.54) is 0 Å². The van der Waals surface area contributed by atoms with Crippen molar-refractivity contribution in [3.63, 3.8) is 0 Å². The van der Waals surface area contributed by atoms with E-state index >= 15 is 0 Å². The molecule has 1 heterocycles. The van der Waals surface area contributed by atoms with Crippen LogP contribution < -0.4 is 4.74 Å². The lowest BCUT2D eigenvalue weighted by atomic mass is 10.1.